The van der Waals surface area contributed by atoms with Crippen molar-refractivity contribution in [2.45, 2.75) is 56.3 Å². The largest absolute Gasteiger partial charge is 0.497 e. The van der Waals surface area contributed by atoms with E-state index in [1.807, 2.05) is 31.2 Å². The van der Waals surface area contributed by atoms with Gasteiger partial charge in [0.15, 0.2) is 11.6 Å². The predicted octanol–water partition coefficient (Wildman–Crippen LogP) is 4.31. The van der Waals surface area contributed by atoms with E-state index in [9.17, 15) is 18.0 Å². The van der Waals surface area contributed by atoms with Crippen LogP contribution in [0.4, 0.5) is 0 Å². The maximum atomic E-state index is 13.4. The Morgan fingerprint density at radius 2 is 1.37 bits per heavy atom. The van der Waals surface area contributed by atoms with E-state index in [0.29, 0.717) is 66.8 Å². The molecule has 35 heavy (non-hydrogen) atoms. The maximum absolute atomic E-state index is 13.4. The van der Waals surface area contributed by atoms with Gasteiger partial charge in [-0.25, -0.2) is 8.42 Å². The molecule has 0 bridgehead atoms. The van der Waals surface area contributed by atoms with Crippen molar-refractivity contribution >= 4 is 21.6 Å². The van der Waals surface area contributed by atoms with Crippen LogP contribution < -0.4 is 9.57 Å². The molecule has 182 valence electrons. The Morgan fingerprint density at radius 1 is 0.829 bits per heavy atom. The van der Waals surface area contributed by atoms with Crippen molar-refractivity contribution in [3.63, 3.8) is 0 Å². The van der Waals surface area contributed by atoms with Crippen LogP contribution in [0, 0.1) is 6.92 Å². The summed E-state index contributed by atoms with van der Waals surface area (Å²) < 4.78 is 32.0. The predicted molar refractivity (Wildman–Crippen MR) is 131 cm³/mol. The summed E-state index contributed by atoms with van der Waals surface area (Å²) in [5.41, 5.74) is 4.11. The number of hydrogen-bond acceptors (Lipinski definition) is 6. The van der Waals surface area contributed by atoms with E-state index in [2.05, 4.69) is 4.83 Å². The third kappa shape index (κ3) is 4.21. The first-order chi connectivity index (χ1) is 16.8. The number of aryl methyl sites for hydroxylation is 1. The third-order valence-corrected chi connectivity index (χ3v) is 8.28. The number of hydrazine groups is 1. The molecule has 5 rings (SSSR count). The lowest BCUT2D eigenvalue weighted by atomic mass is 9.71. The number of rotatable bonds is 5. The lowest BCUT2D eigenvalue weighted by Crippen LogP contribution is -2.47. The highest BCUT2D eigenvalue weighted by atomic mass is 32.2. The van der Waals surface area contributed by atoms with Gasteiger partial charge in [-0.3, -0.25) is 14.6 Å². The quantitative estimate of drug-likeness (QED) is 0.669. The fourth-order valence-corrected chi connectivity index (χ4v) is 6.31. The Balaban J connectivity index is 1.66. The van der Waals surface area contributed by atoms with Crippen molar-refractivity contribution in [1.29, 1.82) is 0 Å². The summed E-state index contributed by atoms with van der Waals surface area (Å²) in [6.07, 6.45) is 3.12. The van der Waals surface area contributed by atoms with Crippen LogP contribution >= 0.6 is 0 Å². The van der Waals surface area contributed by atoms with Crippen LogP contribution in [0.15, 0.2) is 76.0 Å². The fraction of sp³-hybridized carbons (Fsp3) is 0.333. The lowest BCUT2D eigenvalue weighted by molar-refractivity contribution is -0.117. The minimum absolute atomic E-state index is 0.0449. The zero-order chi connectivity index (χ0) is 24.7. The molecule has 2 aliphatic carbocycles. The van der Waals surface area contributed by atoms with Crippen LogP contribution in [-0.4, -0.2) is 32.1 Å². The van der Waals surface area contributed by atoms with Gasteiger partial charge in [-0.05, 0) is 62.4 Å². The van der Waals surface area contributed by atoms with Crippen LogP contribution in [0.3, 0.4) is 0 Å². The van der Waals surface area contributed by atoms with E-state index < -0.39 is 15.9 Å². The molecule has 7 nitrogen and oxygen atoms in total. The molecule has 1 heterocycles. The van der Waals surface area contributed by atoms with Gasteiger partial charge in [0.1, 0.15) is 5.75 Å². The summed E-state index contributed by atoms with van der Waals surface area (Å²) in [5, 5.41) is 1.54. The van der Waals surface area contributed by atoms with Crippen molar-refractivity contribution in [2.75, 3.05) is 7.11 Å². The van der Waals surface area contributed by atoms with Crippen LogP contribution in [0.1, 0.15) is 55.6 Å². The van der Waals surface area contributed by atoms with Gasteiger partial charge < -0.3 is 4.74 Å². The number of methoxy groups -OCH3 is 1. The smallest absolute Gasteiger partial charge is 0.257 e. The Hall–Kier alpha value is -3.23. The van der Waals surface area contributed by atoms with E-state index in [4.69, 9.17) is 4.74 Å². The summed E-state index contributed by atoms with van der Waals surface area (Å²) >= 11 is 0. The fourth-order valence-electron chi connectivity index (χ4n) is 5.25. The summed E-state index contributed by atoms with van der Waals surface area (Å²) in [4.78, 5) is 29.5. The Labute approximate surface area is 205 Å². The molecule has 1 aliphatic heterocycles. The van der Waals surface area contributed by atoms with Gasteiger partial charge in [-0.2, -0.15) is 0 Å². The molecular weight excluding hydrogens is 464 g/mol. The maximum Gasteiger partial charge on any atom is 0.257 e. The van der Waals surface area contributed by atoms with Crippen LogP contribution in [-0.2, 0) is 19.6 Å². The number of nitrogens with one attached hydrogen (secondary N) is 1. The van der Waals surface area contributed by atoms with Gasteiger partial charge >= 0.3 is 0 Å². The molecule has 0 spiro atoms. The van der Waals surface area contributed by atoms with Crippen LogP contribution in [0.2, 0.25) is 0 Å². The van der Waals surface area contributed by atoms with Crippen LogP contribution in [0.25, 0.3) is 0 Å². The highest BCUT2D eigenvalue weighted by molar-refractivity contribution is 7.89. The number of Topliss-reactive ketones (excluding diaryl/α,β-unsaturated/α-hetero) is 2. The highest BCUT2D eigenvalue weighted by Gasteiger charge is 2.44. The van der Waals surface area contributed by atoms with Gasteiger partial charge in [0.2, 0.25) is 0 Å². The second-order valence-electron chi connectivity index (χ2n) is 9.22. The SMILES string of the molecule is COc1ccc(C2C3=C(CCCC3=O)N(NS(=O)(=O)c3ccc(C)cc3)C3=C2C(=O)CCC3)cc1. The standard InChI is InChI=1S/C27H28N2O5S/c1-17-9-15-20(16-10-17)35(32,33)28-29-21-5-3-7-23(30)26(21)25(18-11-13-19(34-2)14-12-18)27-22(29)6-4-8-24(27)31/h9-16,25,28H,3-8H2,1-2H3. The van der Waals surface area contributed by atoms with E-state index in [1.165, 1.54) is 5.01 Å². The molecule has 0 fully saturated rings. The van der Waals surface area contributed by atoms with Gasteiger partial charge in [0.25, 0.3) is 10.0 Å². The molecule has 0 unspecified atom stereocenters. The molecule has 3 aliphatic rings. The van der Waals surface area contributed by atoms with Crippen molar-refractivity contribution in [3.8, 4) is 5.75 Å². The monoisotopic (exact) mass is 492 g/mol. The van der Waals surface area contributed by atoms with Crippen molar-refractivity contribution in [2.24, 2.45) is 0 Å². The summed E-state index contributed by atoms with van der Waals surface area (Å²) in [7, 11) is -2.35. The molecule has 0 saturated heterocycles. The third-order valence-electron chi connectivity index (χ3n) is 6.97. The summed E-state index contributed by atoms with van der Waals surface area (Å²) in [5.74, 6) is 0.0880. The van der Waals surface area contributed by atoms with Gasteiger partial charge in [-0.1, -0.05) is 29.8 Å². The van der Waals surface area contributed by atoms with Crippen molar-refractivity contribution in [1.82, 2.24) is 9.84 Å². The molecule has 2 aromatic carbocycles. The molecule has 1 N–H and O–H groups in total. The number of ketones is 2. The van der Waals surface area contributed by atoms with Crippen LogP contribution in [0.5, 0.6) is 5.75 Å². The number of allylic oxidation sites excluding steroid dienone is 4. The zero-order valence-electron chi connectivity index (χ0n) is 19.8. The lowest BCUT2D eigenvalue weighted by Gasteiger charge is -2.43. The first-order valence-corrected chi connectivity index (χ1v) is 13.3. The Bertz CT molecular complexity index is 1310. The second kappa shape index (κ2) is 9.09. The van der Waals surface area contributed by atoms with E-state index in [0.717, 1.165) is 11.1 Å². The minimum atomic E-state index is -3.94. The van der Waals surface area contributed by atoms with E-state index in [1.54, 1.807) is 31.4 Å². The molecule has 0 aromatic heterocycles. The number of sulfonamides is 1. The topological polar surface area (TPSA) is 92.8 Å². The normalized spacial score (nSPS) is 19.1. The Morgan fingerprint density at radius 3 is 1.89 bits per heavy atom. The average molecular weight is 493 g/mol. The first kappa shape index (κ1) is 23.5. The molecule has 0 radical (unpaired) electrons. The number of benzene rings is 2. The van der Waals surface area contributed by atoms with Gasteiger partial charge in [-0.15, -0.1) is 4.83 Å². The highest BCUT2D eigenvalue weighted by Crippen LogP contribution is 2.48. The Kier molecular flexibility index (Phi) is 6.11. The van der Waals surface area contributed by atoms with E-state index in [-0.39, 0.29) is 16.5 Å². The zero-order valence-corrected chi connectivity index (χ0v) is 20.7. The molecular formula is C27H28N2O5S. The molecule has 0 saturated carbocycles. The number of carbonyl (C=O) groups excluding carboxylic acids is 2. The second-order valence-corrected chi connectivity index (χ2v) is 10.9. The van der Waals surface area contributed by atoms with Crippen molar-refractivity contribution < 1.29 is 22.7 Å². The van der Waals surface area contributed by atoms with Crippen molar-refractivity contribution in [3.05, 3.63) is 82.2 Å². The molecule has 2 aromatic rings. The number of hydrogen-bond donors (Lipinski definition) is 1. The number of ether oxygens (including phenoxy) is 1. The number of carbonyl (C=O) groups is 2. The molecule has 0 amide bonds. The summed E-state index contributed by atoms with van der Waals surface area (Å²) in [6.45, 7) is 1.89. The van der Waals surface area contributed by atoms with Gasteiger partial charge in [0, 0.05) is 41.3 Å². The minimum Gasteiger partial charge on any atom is -0.497 e. The molecule has 0 atom stereocenters. The van der Waals surface area contributed by atoms with Gasteiger partial charge in [0.05, 0.1) is 12.0 Å². The summed E-state index contributed by atoms with van der Waals surface area (Å²) in [6, 6.07) is 14.0. The molecule has 8 heteroatoms. The first-order valence-electron chi connectivity index (χ1n) is 11.9. The van der Waals surface area contributed by atoms with E-state index >= 15 is 0 Å². The number of nitrogens with zero attached hydrogens (tertiary/aromatic N) is 1. The average Bonchev–Trinajstić information content (AvgIpc) is 2.85.